The molecule has 0 aliphatic carbocycles. The van der Waals surface area contributed by atoms with Gasteiger partial charge in [-0.05, 0) is 32.9 Å². The third-order valence-electron chi connectivity index (χ3n) is 4.26. The number of fused-ring (bicyclic) bond motifs is 1. The van der Waals surface area contributed by atoms with Crippen LogP contribution in [0.2, 0.25) is 0 Å². The predicted molar refractivity (Wildman–Crippen MR) is 91.1 cm³/mol. The molecule has 0 unspecified atom stereocenters. The number of rotatable bonds is 5. The van der Waals surface area contributed by atoms with E-state index >= 15 is 0 Å². The lowest BCUT2D eigenvalue weighted by atomic mass is 9.98. The van der Waals surface area contributed by atoms with E-state index in [4.69, 9.17) is 8.92 Å². The van der Waals surface area contributed by atoms with Gasteiger partial charge in [-0.3, -0.25) is 4.79 Å². The molecule has 2 aliphatic heterocycles. The number of carbonyl (C=O) groups is 2. The van der Waals surface area contributed by atoms with E-state index in [1.54, 1.807) is 23.9 Å². The van der Waals surface area contributed by atoms with Crippen LogP contribution in [0.25, 0.3) is 0 Å². The molecule has 1 amide bonds. The number of aryl methyl sites for hydroxylation is 1. The average molecular weight is 385 g/mol. The van der Waals surface area contributed by atoms with Gasteiger partial charge in [0.25, 0.3) is 10.1 Å². The molecular formula is C16H19NO6S2. The van der Waals surface area contributed by atoms with E-state index < -0.39 is 33.7 Å². The number of hydrogen-bond acceptors (Lipinski definition) is 7. The van der Waals surface area contributed by atoms with Gasteiger partial charge in [-0.2, -0.15) is 8.42 Å². The molecule has 0 saturated carbocycles. The van der Waals surface area contributed by atoms with Gasteiger partial charge >= 0.3 is 5.97 Å². The fraction of sp³-hybridized carbons (Fsp3) is 0.500. The lowest BCUT2D eigenvalue weighted by molar-refractivity contribution is -0.165. The Morgan fingerprint density at radius 2 is 1.96 bits per heavy atom. The van der Waals surface area contributed by atoms with Crippen LogP contribution in [0.1, 0.15) is 25.8 Å². The smallest absolute Gasteiger partial charge is 0.332 e. The molecule has 2 atom stereocenters. The van der Waals surface area contributed by atoms with Crippen molar-refractivity contribution in [1.29, 1.82) is 0 Å². The van der Waals surface area contributed by atoms with Gasteiger partial charge < -0.3 is 9.64 Å². The second-order valence-electron chi connectivity index (χ2n) is 6.55. The van der Waals surface area contributed by atoms with E-state index in [0.29, 0.717) is 6.42 Å². The normalized spacial score (nSPS) is 24.6. The van der Waals surface area contributed by atoms with Gasteiger partial charge in [0.1, 0.15) is 6.04 Å². The topological polar surface area (TPSA) is 90.0 Å². The van der Waals surface area contributed by atoms with Crippen molar-refractivity contribution in [1.82, 2.24) is 4.90 Å². The molecule has 2 saturated heterocycles. The summed E-state index contributed by atoms with van der Waals surface area (Å²) in [5, 5.41) is -0.0164. The highest BCUT2D eigenvalue weighted by Crippen LogP contribution is 2.50. The molecule has 2 fully saturated rings. The summed E-state index contributed by atoms with van der Waals surface area (Å²) in [5.74, 6) is -0.759. The molecule has 2 heterocycles. The predicted octanol–water partition coefficient (Wildman–Crippen LogP) is 1.65. The van der Waals surface area contributed by atoms with E-state index in [-0.39, 0.29) is 16.2 Å². The Morgan fingerprint density at radius 3 is 2.56 bits per heavy atom. The molecule has 7 nitrogen and oxygen atoms in total. The minimum Gasteiger partial charge on any atom is -0.436 e. The van der Waals surface area contributed by atoms with E-state index in [0.717, 1.165) is 5.56 Å². The van der Waals surface area contributed by atoms with Gasteiger partial charge in [0.15, 0.2) is 0 Å². The Morgan fingerprint density at radius 1 is 1.32 bits per heavy atom. The summed E-state index contributed by atoms with van der Waals surface area (Å²) in [6, 6.07) is 5.40. The number of thioether (sulfide) groups is 1. The minimum absolute atomic E-state index is 0.0103. The number of benzene rings is 1. The summed E-state index contributed by atoms with van der Waals surface area (Å²) in [5.41, 5.74) is 0.917. The maximum atomic E-state index is 12.4. The molecule has 3 rings (SSSR count). The summed E-state index contributed by atoms with van der Waals surface area (Å²) >= 11 is 1.54. The SMILES string of the molecule is Cc1ccc(S(=O)(=O)OCOC(=O)[C@@H]2N3C(=O)C[C@H]3SC2(C)C)cc1. The minimum atomic E-state index is -4.01. The Hall–Kier alpha value is -1.58. The van der Waals surface area contributed by atoms with Crippen LogP contribution in [0.3, 0.4) is 0 Å². The van der Waals surface area contributed by atoms with Gasteiger partial charge in [-0.1, -0.05) is 17.7 Å². The van der Waals surface area contributed by atoms with Crippen LogP contribution < -0.4 is 0 Å². The van der Waals surface area contributed by atoms with E-state index in [9.17, 15) is 18.0 Å². The number of esters is 1. The largest absolute Gasteiger partial charge is 0.436 e. The van der Waals surface area contributed by atoms with Crippen LogP contribution in [0.15, 0.2) is 29.2 Å². The molecule has 0 radical (unpaired) electrons. The molecule has 1 aromatic carbocycles. The van der Waals surface area contributed by atoms with E-state index in [1.807, 2.05) is 20.8 Å². The lowest BCUT2D eigenvalue weighted by Gasteiger charge is -2.37. The molecule has 9 heteroatoms. The van der Waals surface area contributed by atoms with Crippen LogP contribution >= 0.6 is 11.8 Å². The van der Waals surface area contributed by atoms with Crippen molar-refractivity contribution in [2.75, 3.05) is 6.79 Å². The Bertz CT molecular complexity index is 802. The highest BCUT2D eigenvalue weighted by atomic mass is 32.2. The average Bonchev–Trinajstić information content (AvgIpc) is 2.73. The van der Waals surface area contributed by atoms with Crippen molar-refractivity contribution in [2.45, 2.75) is 48.3 Å². The van der Waals surface area contributed by atoms with E-state index in [2.05, 4.69) is 0 Å². The molecule has 25 heavy (non-hydrogen) atoms. The third kappa shape index (κ3) is 3.40. The number of carbonyl (C=O) groups excluding carboxylic acids is 2. The highest BCUT2D eigenvalue weighted by Gasteiger charge is 2.59. The molecule has 0 aromatic heterocycles. The summed E-state index contributed by atoms with van der Waals surface area (Å²) in [6.07, 6.45) is 0.413. The first-order valence-corrected chi connectivity index (χ1v) is 10.0. The fourth-order valence-corrected chi connectivity index (χ4v) is 5.35. The molecule has 0 spiro atoms. The molecule has 136 valence electrons. The van der Waals surface area contributed by atoms with Crippen LogP contribution in [-0.2, 0) is 28.6 Å². The number of amides is 1. The number of β-lactam (4-membered cyclic amide) rings is 1. The van der Waals surface area contributed by atoms with Crippen molar-refractivity contribution >= 4 is 33.8 Å². The van der Waals surface area contributed by atoms with Crippen LogP contribution in [-0.4, -0.2) is 48.1 Å². The molecule has 0 N–H and O–H groups in total. The highest BCUT2D eigenvalue weighted by molar-refractivity contribution is 8.01. The maximum Gasteiger partial charge on any atom is 0.332 e. The number of hydrogen-bond donors (Lipinski definition) is 0. The molecule has 2 aliphatic rings. The van der Waals surface area contributed by atoms with Crippen molar-refractivity contribution < 1.29 is 26.9 Å². The van der Waals surface area contributed by atoms with Crippen molar-refractivity contribution in [3.8, 4) is 0 Å². The maximum absolute atomic E-state index is 12.4. The summed E-state index contributed by atoms with van der Waals surface area (Å²) in [4.78, 5) is 25.6. The summed E-state index contributed by atoms with van der Waals surface area (Å²) in [6.45, 7) is 4.84. The van der Waals surface area contributed by atoms with Crippen LogP contribution in [0.5, 0.6) is 0 Å². The number of nitrogens with zero attached hydrogens (tertiary/aromatic N) is 1. The zero-order valence-electron chi connectivity index (χ0n) is 14.1. The Balaban J connectivity index is 1.61. The fourth-order valence-electron chi connectivity index (χ4n) is 2.95. The van der Waals surface area contributed by atoms with Gasteiger partial charge in [0, 0.05) is 4.75 Å². The van der Waals surface area contributed by atoms with Gasteiger partial charge in [0.2, 0.25) is 12.7 Å². The Labute approximate surface area is 150 Å². The van der Waals surface area contributed by atoms with Gasteiger partial charge in [-0.15, -0.1) is 11.8 Å². The second kappa shape index (κ2) is 6.30. The zero-order chi connectivity index (χ0) is 18.4. The monoisotopic (exact) mass is 385 g/mol. The van der Waals surface area contributed by atoms with Gasteiger partial charge in [0.05, 0.1) is 16.7 Å². The zero-order valence-corrected chi connectivity index (χ0v) is 15.7. The van der Waals surface area contributed by atoms with E-state index in [1.165, 1.54) is 17.0 Å². The summed E-state index contributed by atoms with van der Waals surface area (Å²) < 4.78 is 33.4. The standard InChI is InChI=1S/C16H19NO6S2/c1-10-4-6-11(7-5-10)25(20,21)23-9-22-15(19)14-16(2,3)24-13-8-12(18)17(13)14/h4-7,13-14H,8-9H2,1-3H3/t13-,14+/m1/s1. The lowest BCUT2D eigenvalue weighted by Crippen LogP contribution is -2.57. The van der Waals surface area contributed by atoms with Gasteiger partial charge in [-0.25, -0.2) is 8.98 Å². The van der Waals surface area contributed by atoms with Crippen LogP contribution in [0, 0.1) is 6.92 Å². The molecular weight excluding hydrogens is 366 g/mol. The van der Waals surface area contributed by atoms with Crippen LogP contribution in [0.4, 0.5) is 0 Å². The summed E-state index contributed by atoms with van der Waals surface area (Å²) in [7, 11) is -4.01. The second-order valence-corrected chi connectivity index (χ2v) is 10.00. The molecule has 1 aromatic rings. The third-order valence-corrected chi connectivity index (χ3v) is 7.01. The van der Waals surface area contributed by atoms with Crippen molar-refractivity contribution in [2.24, 2.45) is 0 Å². The first-order valence-electron chi connectivity index (χ1n) is 7.73. The number of ether oxygens (including phenoxy) is 1. The first kappa shape index (κ1) is 18.2. The Kier molecular flexibility index (Phi) is 4.59. The van der Waals surface area contributed by atoms with Crippen molar-refractivity contribution in [3.63, 3.8) is 0 Å². The first-order chi connectivity index (χ1) is 11.6. The quantitative estimate of drug-likeness (QED) is 0.329. The molecule has 0 bridgehead atoms. The van der Waals surface area contributed by atoms with Crippen molar-refractivity contribution in [3.05, 3.63) is 29.8 Å².